The maximum Gasteiger partial charge on any atom is 0.337 e. The molecule has 148 valence electrons. The van der Waals surface area contributed by atoms with Gasteiger partial charge in [0.15, 0.2) is 0 Å². The number of aromatic carboxylic acids is 1. The predicted octanol–water partition coefficient (Wildman–Crippen LogP) is 3.04. The lowest BCUT2D eigenvalue weighted by Crippen LogP contribution is -2.43. The van der Waals surface area contributed by atoms with Crippen LogP contribution in [-0.2, 0) is 4.74 Å². The molecule has 6 heteroatoms. The van der Waals surface area contributed by atoms with Gasteiger partial charge >= 0.3 is 5.97 Å². The zero-order valence-electron chi connectivity index (χ0n) is 16.0. The number of hydrogen-bond acceptors (Lipinski definition) is 5. The zero-order valence-corrected chi connectivity index (χ0v) is 16.0. The minimum Gasteiger partial charge on any atom is -0.478 e. The Morgan fingerprint density at radius 1 is 1.04 bits per heavy atom. The molecule has 3 fully saturated rings. The van der Waals surface area contributed by atoms with E-state index >= 15 is 0 Å². The molecular formula is C21H31N3O3. The largest absolute Gasteiger partial charge is 0.478 e. The van der Waals surface area contributed by atoms with Gasteiger partial charge in [-0.25, -0.2) is 4.79 Å². The number of hydrogen-bond donors (Lipinski definition) is 2. The maximum absolute atomic E-state index is 11.7. The topological polar surface area (TPSA) is 65.0 Å². The van der Waals surface area contributed by atoms with Crippen molar-refractivity contribution in [2.24, 2.45) is 0 Å². The third-order valence-electron chi connectivity index (χ3n) is 6.30. The van der Waals surface area contributed by atoms with Crippen LogP contribution in [0.25, 0.3) is 0 Å². The van der Waals surface area contributed by atoms with Crippen LogP contribution in [0.15, 0.2) is 18.2 Å². The van der Waals surface area contributed by atoms with Crippen LogP contribution >= 0.6 is 0 Å². The van der Waals surface area contributed by atoms with Gasteiger partial charge in [0.2, 0.25) is 0 Å². The van der Waals surface area contributed by atoms with E-state index in [1.165, 1.54) is 38.8 Å². The Morgan fingerprint density at radius 3 is 2.41 bits per heavy atom. The van der Waals surface area contributed by atoms with Crippen molar-refractivity contribution in [2.75, 3.05) is 49.6 Å². The maximum atomic E-state index is 11.7. The van der Waals surface area contributed by atoms with Gasteiger partial charge in [0.25, 0.3) is 0 Å². The Kier molecular flexibility index (Phi) is 5.83. The first-order valence-electron chi connectivity index (χ1n) is 10.4. The summed E-state index contributed by atoms with van der Waals surface area (Å²) < 4.78 is 5.42. The summed E-state index contributed by atoms with van der Waals surface area (Å²) in [6, 6.07) is 6.77. The molecule has 3 saturated heterocycles. The Bertz CT molecular complexity index is 646. The monoisotopic (exact) mass is 373 g/mol. The first-order valence-corrected chi connectivity index (χ1v) is 10.4. The molecule has 0 radical (unpaired) electrons. The first kappa shape index (κ1) is 18.6. The number of nitrogens with zero attached hydrogens (tertiary/aromatic N) is 2. The molecule has 0 atom stereocenters. The summed E-state index contributed by atoms with van der Waals surface area (Å²) in [7, 11) is 0. The predicted molar refractivity (Wildman–Crippen MR) is 107 cm³/mol. The fourth-order valence-corrected chi connectivity index (χ4v) is 4.69. The fourth-order valence-electron chi connectivity index (χ4n) is 4.69. The number of carbonyl (C=O) groups is 1. The second-order valence-corrected chi connectivity index (χ2v) is 8.03. The van der Waals surface area contributed by atoms with Gasteiger partial charge in [-0.2, -0.15) is 0 Å². The van der Waals surface area contributed by atoms with Gasteiger partial charge in [0, 0.05) is 44.1 Å². The molecule has 27 heavy (non-hydrogen) atoms. The van der Waals surface area contributed by atoms with Crippen molar-refractivity contribution in [1.29, 1.82) is 0 Å². The third-order valence-corrected chi connectivity index (χ3v) is 6.30. The van der Waals surface area contributed by atoms with Crippen LogP contribution in [-0.4, -0.2) is 67.5 Å². The Labute approximate surface area is 161 Å². The highest BCUT2D eigenvalue weighted by Gasteiger charge is 2.27. The van der Waals surface area contributed by atoms with E-state index < -0.39 is 5.97 Å². The molecule has 1 aromatic carbocycles. The molecule has 0 bridgehead atoms. The molecule has 0 aliphatic carbocycles. The van der Waals surface area contributed by atoms with Crippen LogP contribution in [0, 0.1) is 0 Å². The van der Waals surface area contributed by atoms with E-state index in [1.54, 1.807) is 6.07 Å². The number of anilines is 2. The second kappa shape index (κ2) is 8.48. The second-order valence-electron chi connectivity index (χ2n) is 8.03. The Hall–Kier alpha value is -1.79. The van der Waals surface area contributed by atoms with Crippen LogP contribution in [0.3, 0.4) is 0 Å². The minimum absolute atomic E-state index is 0.285. The molecule has 0 amide bonds. The number of likely N-dealkylation sites (tertiary alicyclic amines) is 1. The highest BCUT2D eigenvalue weighted by molar-refractivity contribution is 5.95. The summed E-state index contributed by atoms with van der Waals surface area (Å²) in [4.78, 5) is 16.7. The molecule has 6 nitrogen and oxygen atoms in total. The molecule has 0 aromatic heterocycles. The molecule has 3 aliphatic rings. The molecule has 2 N–H and O–H groups in total. The number of carboxylic acid groups (broad SMARTS) is 1. The van der Waals surface area contributed by atoms with Gasteiger partial charge < -0.3 is 25.0 Å². The van der Waals surface area contributed by atoms with Crippen LogP contribution < -0.4 is 10.2 Å². The van der Waals surface area contributed by atoms with Crippen molar-refractivity contribution in [3.05, 3.63) is 23.8 Å². The molecule has 0 unspecified atom stereocenters. The lowest BCUT2D eigenvalue weighted by atomic mass is 10.0. The van der Waals surface area contributed by atoms with Gasteiger partial charge in [-0.3, -0.25) is 0 Å². The molecule has 0 spiro atoms. The van der Waals surface area contributed by atoms with E-state index in [9.17, 15) is 9.90 Å². The van der Waals surface area contributed by atoms with E-state index in [4.69, 9.17) is 4.74 Å². The molecule has 4 rings (SSSR count). The number of piperidine rings is 1. The highest BCUT2D eigenvalue weighted by Crippen LogP contribution is 2.29. The van der Waals surface area contributed by atoms with Gasteiger partial charge in [-0.1, -0.05) is 0 Å². The van der Waals surface area contributed by atoms with Gasteiger partial charge in [-0.15, -0.1) is 0 Å². The van der Waals surface area contributed by atoms with Crippen molar-refractivity contribution in [1.82, 2.24) is 4.90 Å². The molecule has 3 heterocycles. The smallest absolute Gasteiger partial charge is 0.337 e. The molecule has 1 aromatic rings. The van der Waals surface area contributed by atoms with E-state index in [2.05, 4.69) is 15.1 Å². The SMILES string of the molecule is O=C(O)c1ccc(N2CCC(N3CCCC3)CC2)cc1NC1CCOCC1. The van der Waals surface area contributed by atoms with Gasteiger partial charge in [0.05, 0.1) is 11.3 Å². The molecular weight excluding hydrogens is 342 g/mol. The normalized spacial score (nSPS) is 22.9. The number of benzene rings is 1. The number of carboxylic acids is 1. The third kappa shape index (κ3) is 4.38. The van der Waals surface area contributed by atoms with Crippen LogP contribution in [0.4, 0.5) is 11.4 Å². The average Bonchev–Trinajstić information content (AvgIpc) is 3.23. The Balaban J connectivity index is 1.44. The zero-order chi connectivity index (χ0) is 18.6. The van der Waals surface area contributed by atoms with Crippen molar-refractivity contribution in [3.63, 3.8) is 0 Å². The van der Waals surface area contributed by atoms with Crippen molar-refractivity contribution >= 4 is 17.3 Å². The van der Waals surface area contributed by atoms with E-state index in [-0.39, 0.29) is 6.04 Å². The number of ether oxygens (including phenoxy) is 1. The standard InChI is InChI=1S/C21H31N3O3/c25-21(26)19-4-3-18(15-20(19)22-16-7-13-27-14-8-16)24-11-5-17(6-12-24)23-9-1-2-10-23/h3-4,15-17,22H,1-2,5-14H2,(H,25,26). The number of nitrogens with one attached hydrogen (secondary N) is 1. The summed E-state index contributed by atoms with van der Waals surface area (Å²) in [6.45, 7) is 6.09. The van der Waals surface area contributed by atoms with Crippen LogP contribution in [0.5, 0.6) is 0 Å². The quantitative estimate of drug-likeness (QED) is 0.827. The van der Waals surface area contributed by atoms with Gasteiger partial charge in [-0.05, 0) is 69.8 Å². The van der Waals surface area contributed by atoms with Crippen molar-refractivity contribution in [2.45, 2.75) is 50.6 Å². The van der Waals surface area contributed by atoms with E-state index in [0.717, 1.165) is 56.6 Å². The summed E-state index contributed by atoms with van der Waals surface area (Å²) in [5.41, 5.74) is 2.24. The first-order chi connectivity index (χ1) is 13.2. The summed E-state index contributed by atoms with van der Waals surface area (Å²) in [5, 5.41) is 13.0. The summed E-state index contributed by atoms with van der Waals surface area (Å²) >= 11 is 0. The lowest BCUT2D eigenvalue weighted by molar-refractivity contribution is 0.0697. The fraction of sp³-hybridized carbons (Fsp3) is 0.667. The summed E-state index contributed by atoms with van der Waals surface area (Å²) in [6.07, 6.45) is 6.93. The highest BCUT2D eigenvalue weighted by atomic mass is 16.5. The van der Waals surface area contributed by atoms with Crippen LogP contribution in [0.2, 0.25) is 0 Å². The Morgan fingerprint density at radius 2 is 1.74 bits per heavy atom. The van der Waals surface area contributed by atoms with Crippen molar-refractivity contribution in [3.8, 4) is 0 Å². The van der Waals surface area contributed by atoms with E-state index in [1.807, 2.05) is 12.1 Å². The number of rotatable bonds is 5. The lowest BCUT2D eigenvalue weighted by Gasteiger charge is -2.38. The molecule has 3 aliphatic heterocycles. The minimum atomic E-state index is -0.871. The van der Waals surface area contributed by atoms with E-state index in [0.29, 0.717) is 5.56 Å². The van der Waals surface area contributed by atoms with Crippen LogP contribution in [0.1, 0.15) is 48.9 Å². The van der Waals surface area contributed by atoms with Crippen molar-refractivity contribution < 1.29 is 14.6 Å². The van der Waals surface area contributed by atoms with Gasteiger partial charge in [0.1, 0.15) is 0 Å². The average molecular weight is 373 g/mol. The summed E-state index contributed by atoms with van der Waals surface area (Å²) in [5.74, 6) is -0.871. The molecule has 0 saturated carbocycles.